The molecular weight excluding hydrogens is 402 g/mol. The van der Waals surface area contributed by atoms with Crippen LogP contribution in [0.15, 0.2) is 91.0 Å². The first-order valence-corrected chi connectivity index (χ1v) is 10.6. The maximum absolute atomic E-state index is 13.4. The van der Waals surface area contributed by atoms with Gasteiger partial charge in [0.05, 0.1) is 6.54 Å². The molecule has 32 heavy (non-hydrogen) atoms. The molecule has 0 saturated carbocycles. The fraction of sp³-hybridized carbons (Fsp3) is 0.192. The van der Waals surface area contributed by atoms with Crippen LogP contribution < -0.4 is 15.5 Å². The van der Waals surface area contributed by atoms with Crippen LogP contribution in [0.3, 0.4) is 0 Å². The van der Waals surface area contributed by atoms with Crippen LogP contribution >= 0.6 is 0 Å². The lowest BCUT2D eigenvalue weighted by Crippen LogP contribution is -2.52. The van der Waals surface area contributed by atoms with Crippen LogP contribution in [0, 0.1) is 0 Å². The van der Waals surface area contributed by atoms with E-state index in [1.54, 1.807) is 29.2 Å². The molecule has 0 spiro atoms. The van der Waals surface area contributed by atoms with Gasteiger partial charge in [-0.2, -0.15) is 0 Å². The summed E-state index contributed by atoms with van der Waals surface area (Å²) < 4.78 is 0. The number of anilines is 1. The molecule has 0 aliphatic carbocycles. The quantitative estimate of drug-likeness (QED) is 0.548. The first kappa shape index (κ1) is 22.7. The number of hydrogen-bond donors (Lipinski definition) is 2. The molecule has 6 nitrogen and oxygen atoms in total. The van der Waals surface area contributed by atoms with E-state index in [2.05, 4.69) is 10.6 Å². The standard InChI is InChI=1S/C26H27N3O3/c1-2-29(22-16-10-5-11-17-22)26(32)23(18-20-12-6-3-7-13-20)28-24(30)19-27-25(31)21-14-8-4-9-15-21/h3-17,23H,2,18-19H2,1H3,(H,27,31)(H,28,30). The van der Waals surface area contributed by atoms with Crippen molar-refractivity contribution in [3.63, 3.8) is 0 Å². The molecule has 1 unspecified atom stereocenters. The molecule has 3 rings (SSSR count). The molecule has 0 saturated heterocycles. The monoisotopic (exact) mass is 429 g/mol. The van der Waals surface area contributed by atoms with Gasteiger partial charge in [-0.3, -0.25) is 14.4 Å². The molecule has 3 aromatic carbocycles. The Morgan fingerprint density at radius 1 is 0.812 bits per heavy atom. The normalized spacial score (nSPS) is 11.3. The molecular formula is C26H27N3O3. The molecule has 3 amide bonds. The number of nitrogens with zero attached hydrogens (tertiary/aromatic N) is 1. The van der Waals surface area contributed by atoms with Gasteiger partial charge in [0.15, 0.2) is 0 Å². The van der Waals surface area contributed by atoms with Crippen molar-refractivity contribution in [2.75, 3.05) is 18.0 Å². The van der Waals surface area contributed by atoms with Gasteiger partial charge < -0.3 is 15.5 Å². The Labute approximate surface area is 188 Å². The van der Waals surface area contributed by atoms with E-state index >= 15 is 0 Å². The maximum atomic E-state index is 13.4. The summed E-state index contributed by atoms with van der Waals surface area (Å²) in [5.74, 6) is -0.968. The predicted octanol–water partition coefficient (Wildman–Crippen LogP) is 3.20. The number of nitrogens with one attached hydrogen (secondary N) is 2. The fourth-order valence-electron chi connectivity index (χ4n) is 3.41. The van der Waals surface area contributed by atoms with Crippen molar-refractivity contribution >= 4 is 23.4 Å². The van der Waals surface area contributed by atoms with Crippen molar-refractivity contribution < 1.29 is 14.4 Å². The Hall–Kier alpha value is -3.93. The zero-order chi connectivity index (χ0) is 22.8. The van der Waals surface area contributed by atoms with E-state index < -0.39 is 11.9 Å². The Bertz CT molecular complexity index is 1020. The van der Waals surface area contributed by atoms with Crippen LogP contribution in [-0.2, 0) is 16.0 Å². The SMILES string of the molecule is CCN(C(=O)C(Cc1ccccc1)NC(=O)CNC(=O)c1ccccc1)c1ccccc1. The Kier molecular flexibility index (Phi) is 8.15. The summed E-state index contributed by atoms with van der Waals surface area (Å²) in [6, 6.07) is 26.8. The molecule has 3 aromatic rings. The Balaban J connectivity index is 1.71. The van der Waals surface area contributed by atoms with E-state index in [-0.39, 0.29) is 18.4 Å². The van der Waals surface area contributed by atoms with Gasteiger partial charge >= 0.3 is 0 Å². The van der Waals surface area contributed by atoms with Crippen molar-refractivity contribution in [3.8, 4) is 0 Å². The lowest BCUT2D eigenvalue weighted by Gasteiger charge is -2.27. The largest absolute Gasteiger partial charge is 0.343 e. The van der Waals surface area contributed by atoms with Gasteiger partial charge in [0.2, 0.25) is 11.8 Å². The molecule has 0 aliphatic rings. The molecule has 6 heteroatoms. The highest BCUT2D eigenvalue weighted by molar-refractivity contribution is 6.00. The predicted molar refractivity (Wildman–Crippen MR) is 125 cm³/mol. The lowest BCUT2D eigenvalue weighted by atomic mass is 10.0. The van der Waals surface area contributed by atoms with E-state index in [1.165, 1.54) is 0 Å². The summed E-state index contributed by atoms with van der Waals surface area (Å²) in [6.07, 6.45) is 0.349. The number of carbonyl (C=O) groups excluding carboxylic acids is 3. The first-order chi connectivity index (χ1) is 15.6. The van der Waals surface area contributed by atoms with Crippen LogP contribution in [0.25, 0.3) is 0 Å². The second-order valence-electron chi connectivity index (χ2n) is 7.28. The smallest absolute Gasteiger partial charge is 0.251 e. The van der Waals surface area contributed by atoms with Crippen molar-refractivity contribution in [1.82, 2.24) is 10.6 Å². The topological polar surface area (TPSA) is 78.5 Å². The molecule has 164 valence electrons. The number of amides is 3. The zero-order valence-electron chi connectivity index (χ0n) is 18.0. The molecule has 2 N–H and O–H groups in total. The van der Waals surface area contributed by atoms with Crippen molar-refractivity contribution in [2.24, 2.45) is 0 Å². The minimum atomic E-state index is -0.765. The number of likely N-dealkylation sites (N-methyl/N-ethyl adjacent to an activating group) is 1. The molecule has 0 aliphatic heterocycles. The highest BCUT2D eigenvalue weighted by Crippen LogP contribution is 2.16. The van der Waals surface area contributed by atoms with Gasteiger partial charge in [0, 0.05) is 24.2 Å². The summed E-state index contributed by atoms with van der Waals surface area (Å²) in [6.45, 7) is 2.14. The van der Waals surface area contributed by atoms with E-state index in [4.69, 9.17) is 0 Å². The second kappa shape index (κ2) is 11.5. The molecule has 0 radical (unpaired) electrons. The van der Waals surface area contributed by atoms with E-state index in [0.29, 0.717) is 18.5 Å². The van der Waals surface area contributed by atoms with Crippen molar-refractivity contribution in [2.45, 2.75) is 19.4 Å². The van der Waals surface area contributed by atoms with Crippen LogP contribution in [0.5, 0.6) is 0 Å². The molecule has 0 heterocycles. The van der Waals surface area contributed by atoms with Crippen molar-refractivity contribution in [3.05, 3.63) is 102 Å². The van der Waals surface area contributed by atoms with E-state index in [1.807, 2.05) is 73.7 Å². The highest BCUT2D eigenvalue weighted by atomic mass is 16.2. The number of rotatable bonds is 9. The second-order valence-corrected chi connectivity index (χ2v) is 7.28. The van der Waals surface area contributed by atoms with Crippen molar-refractivity contribution in [1.29, 1.82) is 0 Å². The maximum Gasteiger partial charge on any atom is 0.251 e. The highest BCUT2D eigenvalue weighted by Gasteiger charge is 2.26. The molecule has 0 bridgehead atoms. The number of hydrogen-bond acceptors (Lipinski definition) is 3. The zero-order valence-corrected chi connectivity index (χ0v) is 18.0. The molecule has 1 atom stereocenters. The summed E-state index contributed by atoms with van der Waals surface area (Å²) in [4.78, 5) is 39.9. The van der Waals surface area contributed by atoms with Gasteiger partial charge in [-0.15, -0.1) is 0 Å². The van der Waals surface area contributed by atoms with Crippen LogP contribution in [0.4, 0.5) is 5.69 Å². The molecule has 0 fully saturated rings. The van der Waals surface area contributed by atoms with Gasteiger partial charge in [0.25, 0.3) is 5.91 Å². The number of para-hydroxylation sites is 1. The summed E-state index contributed by atoms with van der Waals surface area (Å²) in [5.41, 5.74) is 2.17. The third-order valence-electron chi connectivity index (χ3n) is 5.01. The summed E-state index contributed by atoms with van der Waals surface area (Å²) >= 11 is 0. The first-order valence-electron chi connectivity index (χ1n) is 10.6. The van der Waals surface area contributed by atoms with Crippen LogP contribution in [0.2, 0.25) is 0 Å². The van der Waals surface area contributed by atoms with E-state index in [0.717, 1.165) is 11.3 Å². The average Bonchev–Trinajstić information content (AvgIpc) is 2.84. The van der Waals surface area contributed by atoms with Gasteiger partial charge in [-0.25, -0.2) is 0 Å². The Morgan fingerprint density at radius 3 is 1.97 bits per heavy atom. The fourth-order valence-corrected chi connectivity index (χ4v) is 3.41. The minimum absolute atomic E-state index is 0.203. The van der Waals surface area contributed by atoms with E-state index in [9.17, 15) is 14.4 Å². The van der Waals surface area contributed by atoms with Gasteiger partial charge in [-0.05, 0) is 36.8 Å². The molecule has 0 aromatic heterocycles. The summed E-state index contributed by atoms with van der Waals surface area (Å²) in [7, 11) is 0. The lowest BCUT2D eigenvalue weighted by molar-refractivity contribution is -0.127. The van der Waals surface area contributed by atoms with Gasteiger partial charge in [-0.1, -0.05) is 66.7 Å². The third-order valence-corrected chi connectivity index (χ3v) is 5.01. The summed E-state index contributed by atoms with van der Waals surface area (Å²) in [5, 5.41) is 5.42. The van der Waals surface area contributed by atoms with Crippen LogP contribution in [-0.4, -0.2) is 36.9 Å². The average molecular weight is 430 g/mol. The minimum Gasteiger partial charge on any atom is -0.343 e. The number of benzene rings is 3. The van der Waals surface area contributed by atoms with Crippen LogP contribution in [0.1, 0.15) is 22.8 Å². The Morgan fingerprint density at radius 2 is 1.38 bits per heavy atom. The number of carbonyl (C=O) groups is 3. The van der Waals surface area contributed by atoms with Gasteiger partial charge in [0.1, 0.15) is 6.04 Å². The third kappa shape index (κ3) is 6.28.